The van der Waals surface area contributed by atoms with Crippen LogP contribution in [0.4, 0.5) is 45.5 Å². The Labute approximate surface area is 507 Å². The van der Waals surface area contributed by atoms with Crippen LogP contribution in [-0.2, 0) is 27.1 Å². The lowest BCUT2D eigenvalue weighted by Crippen LogP contribution is -2.61. The fraction of sp³-hybridized carbons (Fsp3) is 0.308. The third kappa shape index (κ3) is 7.80. The van der Waals surface area contributed by atoms with Gasteiger partial charge in [0.05, 0.1) is 22.6 Å². The summed E-state index contributed by atoms with van der Waals surface area (Å²) < 4.78 is 5.27. The maximum Gasteiger partial charge on any atom is 0.252 e. The molecule has 6 heteroatoms. The average molecular weight is 1130 g/mol. The van der Waals surface area contributed by atoms with Gasteiger partial charge in [0.2, 0.25) is 0 Å². The van der Waals surface area contributed by atoms with E-state index in [1.54, 1.807) is 0 Å². The van der Waals surface area contributed by atoms with Crippen molar-refractivity contribution >= 4 is 132 Å². The highest BCUT2D eigenvalue weighted by molar-refractivity contribution is 7.26. The van der Waals surface area contributed by atoms with Crippen LogP contribution in [0.1, 0.15) is 150 Å². The number of hydrogen-bond acceptors (Lipinski definition) is 5. The van der Waals surface area contributed by atoms with E-state index in [0.717, 1.165) is 12.8 Å². The van der Waals surface area contributed by atoms with Crippen molar-refractivity contribution in [3.8, 4) is 11.1 Å². The van der Waals surface area contributed by atoms with Crippen LogP contribution in [0.2, 0.25) is 0 Å². The van der Waals surface area contributed by atoms with Gasteiger partial charge in [0.15, 0.2) is 0 Å². The highest BCUT2D eigenvalue weighted by Gasteiger charge is 2.58. The molecule has 84 heavy (non-hydrogen) atoms. The number of fused-ring (bicyclic) bond motifs is 14. The third-order valence-electron chi connectivity index (χ3n) is 20.4. The van der Waals surface area contributed by atoms with Gasteiger partial charge in [0.1, 0.15) is 0 Å². The summed E-state index contributed by atoms with van der Waals surface area (Å²) in [5.74, 6) is 0. The zero-order chi connectivity index (χ0) is 58.4. The van der Waals surface area contributed by atoms with E-state index in [9.17, 15) is 0 Å². The fourth-order valence-electron chi connectivity index (χ4n) is 15.5. The molecule has 1 aliphatic carbocycles. The van der Waals surface area contributed by atoms with Gasteiger partial charge in [-0.1, -0.05) is 200 Å². The largest absolute Gasteiger partial charge is 0.334 e. The van der Waals surface area contributed by atoms with E-state index >= 15 is 0 Å². The Morgan fingerprint density at radius 1 is 0.417 bits per heavy atom. The fourth-order valence-corrected chi connectivity index (χ4v) is 17.7. The van der Waals surface area contributed by atoms with Gasteiger partial charge >= 0.3 is 0 Å². The molecule has 1 saturated carbocycles. The Balaban J connectivity index is 1.15. The molecule has 1 fully saturated rings. The molecule has 2 atom stereocenters. The van der Waals surface area contributed by atoms with Crippen molar-refractivity contribution in [2.24, 2.45) is 0 Å². The van der Waals surface area contributed by atoms with Gasteiger partial charge in [0.25, 0.3) is 6.71 Å². The van der Waals surface area contributed by atoms with Crippen molar-refractivity contribution in [2.75, 3.05) is 14.7 Å². The maximum atomic E-state index is 2.86. The van der Waals surface area contributed by atoms with Crippen LogP contribution in [0.15, 0.2) is 170 Å². The van der Waals surface area contributed by atoms with Crippen molar-refractivity contribution in [1.29, 1.82) is 0 Å². The lowest BCUT2D eigenvalue weighted by molar-refractivity contribution is 0.195. The summed E-state index contributed by atoms with van der Waals surface area (Å²) in [6, 6.07) is 67.7. The van der Waals surface area contributed by atoms with Crippen LogP contribution in [-0.4, -0.2) is 12.3 Å². The first kappa shape index (κ1) is 53.6. The third-order valence-corrected chi connectivity index (χ3v) is 22.7. The van der Waals surface area contributed by atoms with Crippen LogP contribution in [0.3, 0.4) is 0 Å². The van der Waals surface area contributed by atoms with Crippen LogP contribution in [0.5, 0.6) is 0 Å². The number of nitrogens with zero attached hydrogens (tertiary/aromatic N) is 3. The Bertz CT molecular complexity index is 4550. The van der Waals surface area contributed by atoms with E-state index in [1.807, 2.05) is 22.7 Å². The molecule has 11 aromatic rings. The average Bonchev–Trinajstić information content (AvgIpc) is 1.25. The highest BCUT2D eigenvalue weighted by Crippen LogP contribution is 2.63. The lowest BCUT2D eigenvalue weighted by Gasteiger charge is -2.51. The Morgan fingerprint density at radius 2 is 0.976 bits per heavy atom. The van der Waals surface area contributed by atoms with E-state index in [2.05, 4.69) is 281 Å². The lowest BCUT2D eigenvalue weighted by atomic mass is 9.33. The molecule has 0 N–H and O–H groups in total. The molecule has 0 saturated heterocycles. The van der Waals surface area contributed by atoms with Crippen LogP contribution in [0, 0.1) is 0 Å². The molecule has 0 spiro atoms. The predicted octanol–water partition coefficient (Wildman–Crippen LogP) is 21.1. The first-order chi connectivity index (χ1) is 39.9. The molecular formula is C78H78BN3S2. The Morgan fingerprint density at radius 3 is 1.69 bits per heavy atom. The first-order valence-electron chi connectivity index (χ1n) is 30.9. The summed E-state index contributed by atoms with van der Waals surface area (Å²) in [5, 5.41) is 5.30. The molecule has 0 bridgehead atoms. The first-order valence-corrected chi connectivity index (χ1v) is 32.5. The number of anilines is 8. The molecule has 0 amide bonds. The minimum absolute atomic E-state index is 0.0141. The van der Waals surface area contributed by atoms with Crippen molar-refractivity contribution in [3.63, 3.8) is 0 Å². The van der Waals surface area contributed by atoms with Gasteiger partial charge in [-0.2, -0.15) is 0 Å². The molecule has 3 nitrogen and oxygen atoms in total. The van der Waals surface area contributed by atoms with E-state index < -0.39 is 0 Å². The van der Waals surface area contributed by atoms with E-state index in [4.69, 9.17) is 0 Å². The summed E-state index contributed by atoms with van der Waals surface area (Å²) in [7, 11) is 0. The number of hydrogen-bond donors (Lipinski definition) is 0. The van der Waals surface area contributed by atoms with Gasteiger partial charge in [0, 0.05) is 79.8 Å². The summed E-state index contributed by atoms with van der Waals surface area (Å²) in [6.45, 7) is 33.6. The van der Waals surface area contributed by atoms with Crippen LogP contribution < -0.4 is 31.1 Å². The molecule has 5 heterocycles. The zero-order valence-electron chi connectivity index (χ0n) is 51.7. The van der Waals surface area contributed by atoms with E-state index in [-0.39, 0.29) is 39.3 Å². The standard InChI is InChI=1S/C78H78BN3S2/c1-73(2,3)48-29-34-59(54(41-48)47-23-16-15-17-24-47)81-64-46-52(82-60-35-30-50(75(7,8)9)43-56(60)77(13)39-20-21-40-78(77,82)14)45-63-71(64)79(57-33-38-68-70(72(57)81)55-42-49(74(4,5)6)32-37-66(55)84-68)58-44-51(76(10,11)12)31-36-61(58)80(63)62-26-22-28-67-69(62)53-25-18-19-27-65(53)83-67/h15-19,22-38,41-46H,20-21,39-40H2,1-14H3. The topological polar surface area (TPSA) is 9.72 Å². The minimum atomic E-state index is -0.200. The number of thiophene rings is 2. The monoisotopic (exact) mass is 1130 g/mol. The van der Waals surface area contributed by atoms with Gasteiger partial charge in [-0.05, 0) is 164 Å². The Hall–Kier alpha value is -7.12. The molecule has 15 rings (SSSR count). The van der Waals surface area contributed by atoms with Gasteiger partial charge in [-0.25, -0.2) is 0 Å². The summed E-state index contributed by atoms with van der Waals surface area (Å²) >= 11 is 3.86. The summed E-state index contributed by atoms with van der Waals surface area (Å²) in [5.41, 5.74) is 23.1. The van der Waals surface area contributed by atoms with Crippen molar-refractivity contribution < 1.29 is 0 Å². The number of rotatable bonds is 4. The Kier molecular flexibility index (Phi) is 11.6. The summed E-state index contributed by atoms with van der Waals surface area (Å²) in [6.07, 6.45) is 4.69. The van der Waals surface area contributed by atoms with Gasteiger partial charge < -0.3 is 14.7 Å². The second kappa shape index (κ2) is 18.2. The molecule has 9 aromatic carbocycles. The zero-order valence-corrected chi connectivity index (χ0v) is 53.4. The number of benzene rings is 9. The highest BCUT2D eigenvalue weighted by atomic mass is 32.1. The second-order valence-corrected chi connectivity index (χ2v) is 31.9. The molecular weight excluding hydrogens is 1050 g/mol. The van der Waals surface area contributed by atoms with Crippen molar-refractivity contribution in [3.05, 3.63) is 198 Å². The van der Waals surface area contributed by atoms with Crippen LogP contribution in [0.25, 0.3) is 51.5 Å². The SMILES string of the molecule is CC(C)(C)c1ccc2c(c1)B1c3ccc4sc5ccc(C(C)(C)C)cc5c4c3N(c3ccc(C(C)(C)C)cc3-c3ccccc3)c3cc(N4c5ccc(C(C)(C)C)cc5C5(C)CCCCC45C)cc(c31)N2c1cccc2sc3ccccc3c12. The summed E-state index contributed by atoms with van der Waals surface area (Å²) in [4.78, 5) is 8.38. The van der Waals surface area contributed by atoms with Crippen LogP contribution >= 0.6 is 22.7 Å². The molecule has 2 unspecified atom stereocenters. The molecule has 3 aliphatic heterocycles. The second-order valence-electron chi connectivity index (χ2n) is 29.7. The maximum absolute atomic E-state index is 2.86. The van der Waals surface area contributed by atoms with Gasteiger partial charge in [-0.15, -0.1) is 22.7 Å². The molecule has 420 valence electrons. The van der Waals surface area contributed by atoms with Crippen molar-refractivity contribution in [1.82, 2.24) is 0 Å². The van der Waals surface area contributed by atoms with E-state index in [1.165, 1.54) is 154 Å². The smallest absolute Gasteiger partial charge is 0.252 e. The molecule has 2 aromatic heterocycles. The predicted molar refractivity (Wildman–Crippen MR) is 369 cm³/mol. The molecule has 4 aliphatic rings. The van der Waals surface area contributed by atoms with E-state index in [0.29, 0.717) is 0 Å². The minimum Gasteiger partial charge on any atom is -0.334 e. The van der Waals surface area contributed by atoms with Gasteiger partial charge in [-0.3, -0.25) is 0 Å². The quantitative estimate of drug-likeness (QED) is 0.163. The normalized spacial score (nSPS) is 18.6. The van der Waals surface area contributed by atoms with Crippen molar-refractivity contribution in [2.45, 2.75) is 155 Å². The molecule has 0 radical (unpaired) electrons.